The molecule has 0 aliphatic heterocycles. The molecule has 0 heterocycles. The van der Waals surface area contributed by atoms with Gasteiger partial charge in [-0.25, -0.2) is 0 Å². The Hall–Kier alpha value is -0.0600. The van der Waals surface area contributed by atoms with Gasteiger partial charge in [0.1, 0.15) is 5.75 Å². The number of nitrogens with two attached hydrogens (primary N) is 1. The van der Waals surface area contributed by atoms with Gasteiger partial charge in [-0.1, -0.05) is 20.8 Å². The van der Waals surface area contributed by atoms with Crippen molar-refractivity contribution in [2.45, 2.75) is 26.8 Å². The van der Waals surface area contributed by atoms with E-state index < -0.39 is 0 Å². The molecule has 0 aliphatic rings. The average Bonchev–Trinajstić information content (AvgIpc) is 2.10. The van der Waals surface area contributed by atoms with E-state index in [4.69, 9.17) is 5.73 Å². The van der Waals surface area contributed by atoms with Crippen molar-refractivity contribution >= 4 is 31.9 Å². The maximum absolute atomic E-state index is 9.58. The molecule has 1 atom stereocenters. The monoisotopic (exact) mass is 335 g/mol. The summed E-state index contributed by atoms with van der Waals surface area (Å²) >= 11 is 6.59. The molecule has 0 aliphatic carbocycles. The van der Waals surface area contributed by atoms with Crippen LogP contribution in [-0.2, 0) is 0 Å². The number of aromatic hydroxyl groups is 1. The van der Waals surface area contributed by atoms with Crippen LogP contribution in [0.4, 0.5) is 0 Å². The molecule has 1 aromatic rings. The van der Waals surface area contributed by atoms with Crippen molar-refractivity contribution in [2.75, 3.05) is 0 Å². The molecular weight excluding hydrogens is 322 g/mol. The molecule has 0 saturated carbocycles. The zero-order valence-corrected chi connectivity index (χ0v) is 12.2. The smallest absolute Gasteiger partial charge is 0.143 e. The highest BCUT2D eigenvalue weighted by Gasteiger charge is 2.23. The first-order valence-electron chi connectivity index (χ1n) is 4.67. The Labute approximate surface area is 107 Å². The SMILES string of the molecule is CC(C)(C)C(N)c1cc(Br)c(O)c(Br)c1. The van der Waals surface area contributed by atoms with Crippen molar-refractivity contribution in [3.8, 4) is 5.75 Å². The third-order valence-corrected chi connectivity index (χ3v) is 3.54. The molecule has 3 N–H and O–H groups in total. The molecule has 84 valence electrons. The van der Waals surface area contributed by atoms with Crippen LogP contribution in [0.3, 0.4) is 0 Å². The Morgan fingerprint density at radius 1 is 1.20 bits per heavy atom. The highest BCUT2D eigenvalue weighted by atomic mass is 79.9. The van der Waals surface area contributed by atoms with Gasteiger partial charge >= 0.3 is 0 Å². The summed E-state index contributed by atoms with van der Waals surface area (Å²) in [6.07, 6.45) is 0. The molecule has 15 heavy (non-hydrogen) atoms. The number of phenolic OH excluding ortho intramolecular Hbond substituents is 1. The summed E-state index contributed by atoms with van der Waals surface area (Å²) < 4.78 is 1.32. The Balaban J connectivity index is 3.17. The first kappa shape index (κ1) is 13.0. The number of benzene rings is 1. The molecule has 4 heteroatoms. The van der Waals surface area contributed by atoms with E-state index >= 15 is 0 Å². The lowest BCUT2D eigenvalue weighted by molar-refractivity contribution is 0.326. The van der Waals surface area contributed by atoms with Gasteiger partial charge in [-0.15, -0.1) is 0 Å². The Bertz CT molecular complexity index is 348. The summed E-state index contributed by atoms with van der Waals surface area (Å²) in [5.74, 6) is 0.208. The third-order valence-electron chi connectivity index (χ3n) is 2.33. The van der Waals surface area contributed by atoms with Gasteiger partial charge in [0.15, 0.2) is 0 Å². The zero-order valence-electron chi connectivity index (χ0n) is 9.01. The molecule has 1 aromatic carbocycles. The summed E-state index contributed by atoms with van der Waals surface area (Å²) in [5.41, 5.74) is 7.13. The van der Waals surface area contributed by atoms with Gasteiger partial charge in [0.05, 0.1) is 8.95 Å². The van der Waals surface area contributed by atoms with Crippen LogP contribution in [0.25, 0.3) is 0 Å². The number of hydrogen-bond acceptors (Lipinski definition) is 2. The normalized spacial score (nSPS) is 14.0. The van der Waals surface area contributed by atoms with Crippen LogP contribution >= 0.6 is 31.9 Å². The molecule has 1 rings (SSSR count). The second-order valence-electron chi connectivity index (χ2n) is 4.68. The lowest BCUT2D eigenvalue weighted by Crippen LogP contribution is -2.26. The van der Waals surface area contributed by atoms with Crippen molar-refractivity contribution in [3.63, 3.8) is 0 Å². The molecule has 0 bridgehead atoms. The van der Waals surface area contributed by atoms with Gasteiger partial charge in [0, 0.05) is 6.04 Å². The maximum atomic E-state index is 9.58. The van der Waals surface area contributed by atoms with E-state index in [1.165, 1.54) is 0 Å². The number of halogens is 2. The minimum atomic E-state index is -0.0642. The summed E-state index contributed by atoms with van der Waals surface area (Å²) in [4.78, 5) is 0. The Morgan fingerprint density at radius 2 is 1.60 bits per heavy atom. The molecule has 0 saturated heterocycles. The van der Waals surface area contributed by atoms with Crippen molar-refractivity contribution in [1.29, 1.82) is 0 Å². The average molecular weight is 337 g/mol. The minimum absolute atomic E-state index is 0.00411. The van der Waals surface area contributed by atoms with E-state index in [9.17, 15) is 5.11 Å². The second-order valence-corrected chi connectivity index (χ2v) is 6.39. The Morgan fingerprint density at radius 3 is 1.93 bits per heavy atom. The van der Waals surface area contributed by atoms with Gasteiger partial charge in [0.2, 0.25) is 0 Å². The topological polar surface area (TPSA) is 46.2 Å². The van der Waals surface area contributed by atoms with Crippen molar-refractivity contribution in [1.82, 2.24) is 0 Å². The van der Waals surface area contributed by atoms with E-state index in [0.29, 0.717) is 8.95 Å². The maximum Gasteiger partial charge on any atom is 0.143 e. The minimum Gasteiger partial charge on any atom is -0.506 e. The predicted molar refractivity (Wildman–Crippen MR) is 69.9 cm³/mol. The fraction of sp³-hybridized carbons (Fsp3) is 0.455. The summed E-state index contributed by atoms with van der Waals surface area (Å²) in [5, 5.41) is 9.58. The number of rotatable bonds is 1. The van der Waals surface area contributed by atoms with E-state index in [0.717, 1.165) is 5.56 Å². The van der Waals surface area contributed by atoms with Crippen molar-refractivity contribution in [3.05, 3.63) is 26.6 Å². The first-order chi connectivity index (χ1) is 6.73. The number of hydrogen-bond donors (Lipinski definition) is 2. The molecule has 0 radical (unpaired) electrons. The fourth-order valence-electron chi connectivity index (χ4n) is 1.26. The van der Waals surface area contributed by atoms with Crippen molar-refractivity contribution < 1.29 is 5.11 Å². The van der Waals surface area contributed by atoms with E-state index in [2.05, 4.69) is 52.6 Å². The Kier molecular flexibility index (Phi) is 3.85. The lowest BCUT2D eigenvalue weighted by atomic mass is 9.83. The van der Waals surface area contributed by atoms with Gasteiger partial charge in [0.25, 0.3) is 0 Å². The van der Waals surface area contributed by atoms with E-state index in [1.54, 1.807) is 0 Å². The van der Waals surface area contributed by atoms with Crippen molar-refractivity contribution in [2.24, 2.45) is 11.1 Å². The fourth-order valence-corrected chi connectivity index (χ4v) is 2.49. The summed E-state index contributed by atoms with van der Waals surface area (Å²) in [6, 6.07) is 3.65. The van der Waals surface area contributed by atoms with Crippen LogP contribution < -0.4 is 5.73 Å². The first-order valence-corrected chi connectivity index (χ1v) is 6.25. The summed E-state index contributed by atoms with van der Waals surface area (Å²) in [6.45, 7) is 6.27. The van der Waals surface area contributed by atoms with E-state index in [-0.39, 0.29) is 17.2 Å². The van der Waals surface area contributed by atoms with Crippen LogP contribution in [0.2, 0.25) is 0 Å². The standard InChI is InChI=1S/C11H15Br2NO/c1-11(2,3)10(14)6-4-7(12)9(15)8(13)5-6/h4-5,10,15H,14H2,1-3H3. The quantitative estimate of drug-likeness (QED) is 0.815. The van der Waals surface area contributed by atoms with Gasteiger partial charge in [-0.05, 0) is 55.0 Å². The van der Waals surface area contributed by atoms with Gasteiger partial charge < -0.3 is 10.8 Å². The highest BCUT2D eigenvalue weighted by molar-refractivity contribution is 9.11. The third kappa shape index (κ3) is 2.95. The van der Waals surface area contributed by atoms with Crippen LogP contribution in [0.5, 0.6) is 5.75 Å². The van der Waals surface area contributed by atoms with Crippen LogP contribution in [-0.4, -0.2) is 5.11 Å². The molecule has 1 unspecified atom stereocenters. The largest absolute Gasteiger partial charge is 0.506 e. The molecule has 0 fully saturated rings. The zero-order chi connectivity index (χ0) is 11.8. The molecule has 2 nitrogen and oxygen atoms in total. The number of phenols is 1. The molecule has 0 amide bonds. The van der Waals surface area contributed by atoms with Gasteiger partial charge in [-0.3, -0.25) is 0 Å². The lowest BCUT2D eigenvalue weighted by Gasteiger charge is -2.27. The molecule has 0 aromatic heterocycles. The molecule has 0 spiro atoms. The van der Waals surface area contributed by atoms with Crippen LogP contribution in [0, 0.1) is 5.41 Å². The highest BCUT2D eigenvalue weighted by Crippen LogP contribution is 2.38. The van der Waals surface area contributed by atoms with Crippen LogP contribution in [0.1, 0.15) is 32.4 Å². The molecular formula is C11H15Br2NO. The van der Waals surface area contributed by atoms with Gasteiger partial charge in [-0.2, -0.15) is 0 Å². The summed E-state index contributed by atoms with van der Waals surface area (Å²) in [7, 11) is 0. The van der Waals surface area contributed by atoms with Crippen LogP contribution in [0.15, 0.2) is 21.1 Å². The van der Waals surface area contributed by atoms with E-state index in [1.807, 2.05) is 12.1 Å². The second kappa shape index (κ2) is 4.44. The predicted octanol–water partition coefficient (Wildman–Crippen LogP) is 3.96.